The maximum Gasteiger partial charge on any atom is 0.252 e. The molecule has 0 heterocycles. The molecular formula is C14H20BrClN2O. The van der Waals surface area contributed by atoms with Crippen LogP contribution in [0.1, 0.15) is 37.6 Å². The molecule has 1 atom stereocenters. The number of benzene rings is 1. The van der Waals surface area contributed by atoms with Crippen molar-refractivity contribution < 1.29 is 4.79 Å². The van der Waals surface area contributed by atoms with Crippen molar-refractivity contribution in [3.63, 3.8) is 0 Å². The van der Waals surface area contributed by atoms with Crippen LogP contribution in [0.2, 0.25) is 5.02 Å². The van der Waals surface area contributed by atoms with Crippen molar-refractivity contribution in [2.24, 2.45) is 11.7 Å². The molecule has 106 valence electrons. The van der Waals surface area contributed by atoms with Gasteiger partial charge in [-0.2, -0.15) is 0 Å². The molecule has 0 fully saturated rings. The van der Waals surface area contributed by atoms with Gasteiger partial charge in [-0.15, -0.1) is 0 Å². The largest absolute Gasteiger partial charge is 0.346 e. The van der Waals surface area contributed by atoms with Crippen molar-refractivity contribution in [1.29, 1.82) is 0 Å². The molecule has 0 aliphatic carbocycles. The summed E-state index contributed by atoms with van der Waals surface area (Å²) in [5.74, 6) is 0.291. The Hall–Kier alpha value is -0.580. The van der Waals surface area contributed by atoms with E-state index in [1.54, 1.807) is 18.2 Å². The van der Waals surface area contributed by atoms with E-state index < -0.39 is 5.54 Å². The molecule has 1 unspecified atom stereocenters. The van der Waals surface area contributed by atoms with E-state index in [9.17, 15) is 4.79 Å². The zero-order chi connectivity index (χ0) is 14.6. The Morgan fingerprint density at radius 3 is 2.68 bits per heavy atom. The average Bonchev–Trinajstić information content (AvgIpc) is 2.31. The number of hydrogen-bond donors (Lipinski definition) is 2. The monoisotopic (exact) mass is 346 g/mol. The van der Waals surface area contributed by atoms with Gasteiger partial charge in [-0.05, 0) is 53.4 Å². The van der Waals surface area contributed by atoms with E-state index in [1.807, 2.05) is 6.92 Å². The van der Waals surface area contributed by atoms with E-state index >= 15 is 0 Å². The molecule has 0 saturated carbocycles. The minimum absolute atomic E-state index is 0.164. The Balaban J connectivity index is 2.91. The van der Waals surface area contributed by atoms with Gasteiger partial charge in [-0.1, -0.05) is 25.4 Å². The van der Waals surface area contributed by atoms with Gasteiger partial charge in [0.1, 0.15) is 0 Å². The third-order valence-corrected chi connectivity index (χ3v) is 3.82. The van der Waals surface area contributed by atoms with Crippen LogP contribution in [0, 0.1) is 5.92 Å². The van der Waals surface area contributed by atoms with Crippen molar-refractivity contribution in [2.45, 2.75) is 32.7 Å². The van der Waals surface area contributed by atoms with Crippen LogP contribution in [0.5, 0.6) is 0 Å². The summed E-state index contributed by atoms with van der Waals surface area (Å²) >= 11 is 9.29. The lowest BCUT2D eigenvalue weighted by Gasteiger charge is -2.31. The topological polar surface area (TPSA) is 55.1 Å². The van der Waals surface area contributed by atoms with Crippen LogP contribution in [0.25, 0.3) is 0 Å². The second-order valence-corrected chi connectivity index (χ2v) is 6.73. The number of carbonyl (C=O) groups is 1. The zero-order valence-electron chi connectivity index (χ0n) is 11.5. The molecule has 1 aromatic carbocycles. The van der Waals surface area contributed by atoms with Gasteiger partial charge in [0.2, 0.25) is 0 Å². The maximum atomic E-state index is 12.3. The van der Waals surface area contributed by atoms with Crippen molar-refractivity contribution in [1.82, 2.24) is 5.32 Å². The summed E-state index contributed by atoms with van der Waals surface area (Å²) in [7, 11) is 0. The summed E-state index contributed by atoms with van der Waals surface area (Å²) in [5.41, 5.74) is 5.91. The Kier molecular flexibility index (Phi) is 5.83. The van der Waals surface area contributed by atoms with Crippen molar-refractivity contribution in [3.8, 4) is 0 Å². The number of carbonyl (C=O) groups excluding carboxylic acids is 1. The molecule has 1 amide bonds. The highest BCUT2D eigenvalue weighted by Crippen LogP contribution is 2.23. The summed E-state index contributed by atoms with van der Waals surface area (Å²) in [6, 6.07) is 5.14. The van der Waals surface area contributed by atoms with Gasteiger partial charge < -0.3 is 11.1 Å². The molecule has 19 heavy (non-hydrogen) atoms. The third-order valence-electron chi connectivity index (χ3n) is 2.90. The molecule has 1 aromatic rings. The van der Waals surface area contributed by atoms with Gasteiger partial charge in [0.15, 0.2) is 0 Å². The normalized spacial score (nSPS) is 14.3. The first-order valence-electron chi connectivity index (χ1n) is 6.25. The van der Waals surface area contributed by atoms with Crippen LogP contribution in [-0.4, -0.2) is 18.0 Å². The van der Waals surface area contributed by atoms with Crippen LogP contribution >= 0.6 is 27.5 Å². The zero-order valence-corrected chi connectivity index (χ0v) is 13.8. The number of nitrogens with one attached hydrogen (secondary N) is 1. The van der Waals surface area contributed by atoms with Crippen molar-refractivity contribution in [2.75, 3.05) is 6.54 Å². The predicted octanol–water partition coefficient (Wildman–Crippen LogP) is 3.60. The smallest absolute Gasteiger partial charge is 0.252 e. The molecule has 0 saturated heterocycles. The molecule has 0 aliphatic rings. The molecule has 0 radical (unpaired) electrons. The van der Waals surface area contributed by atoms with Gasteiger partial charge in [0.25, 0.3) is 5.91 Å². The van der Waals surface area contributed by atoms with E-state index in [-0.39, 0.29) is 5.91 Å². The Bertz CT molecular complexity index is 465. The summed E-state index contributed by atoms with van der Waals surface area (Å²) in [6.45, 7) is 6.57. The number of rotatable bonds is 5. The third kappa shape index (κ3) is 4.79. The maximum absolute atomic E-state index is 12.3. The van der Waals surface area contributed by atoms with Crippen molar-refractivity contribution >= 4 is 33.4 Å². The van der Waals surface area contributed by atoms with Gasteiger partial charge >= 0.3 is 0 Å². The highest BCUT2D eigenvalue weighted by molar-refractivity contribution is 9.10. The molecule has 0 aliphatic heterocycles. The van der Waals surface area contributed by atoms with E-state index in [1.165, 1.54) is 0 Å². The van der Waals surface area contributed by atoms with Crippen molar-refractivity contribution in [3.05, 3.63) is 33.3 Å². The van der Waals surface area contributed by atoms with E-state index in [2.05, 4.69) is 35.1 Å². The highest BCUT2D eigenvalue weighted by Gasteiger charge is 2.27. The molecule has 0 bridgehead atoms. The van der Waals surface area contributed by atoms with Gasteiger partial charge in [-0.3, -0.25) is 4.79 Å². The molecular weight excluding hydrogens is 328 g/mol. The lowest BCUT2D eigenvalue weighted by Crippen LogP contribution is -2.52. The molecule has 0 spiro atoms. The molecule has 3 N–H and O–H groups in total. The highest BCUT2D eigenvalue weighted by atomic mass is 79.9. The Morgan fingerprint density at radius 1 is 1.53 bits per heavy atom. The second kappa shape index (κ2) is 6.73. The summed E-state index contributed by atoms with van der Waals surface area (Å²) < 4.78 is 0.721. The second-order valence-electron chi connectivity index (χ2n) is 5.44. The van der Waals surface area contributed by atoms with Gasteiger partial charge in [0.05, 0.1) is 5.56 Å². The first-order chi connectivity index (χ1) is 8.77. The van der Waals surface area contributed by atoms with Crippen LogP contribution in [0.4, 0.5) is 0 Å². The SMILES string of the molecule is CC(C)CC(C)(CN)NC(=O)c1cc(Cl)ccc1Br. The fourth-order valence-corrected chi connectivity index (χ4v) is 2.70. The molecule has 1 rings (SSSR count). The first kappa shape index (κ1) is 16.5. The lowest BCUT2D eigenvalue weighted by molar-refractivity contribution is 0.0897. The number of halogens is 2. The van der Waals surface area contributed by atoms with Crippen LogP contribution < -0.4 is 11.1 Å². The average molecular weight is 348 g/mol. The summed E-state index contributed by atoms with van der Waals surface area (Å²) in [6.07, 6.45) is 0.827. The van der Waals surface area contributed by atoms with Crippen LogP contribution in [-0.2, 0) is 0 Å². The Labute approximate surface area is 128 Å². The van der Waals surface area contributed by atoms with E-state index in [4.69, 9.17) is 17.3 Å². The van der Waals surface area contributed by atoms with Gasteiger partial charge in [0, 0.05) is 21.6 Å². The number of nitrogens with two attached hydrogens (primary N) is 1. The molecule has 3 nitrogen and oxygen atoms in total. The summed E-state index contributed by atoms with van der Waals surface area (Å²) in [4.78, 5) is 12.3. The first-order valence-corrected chi connectivity index (χ1v) is 7.42. The van der Waals surface area contributed by atoms with E-state index in [0.29, 0.717) is 23.0 Å². The fraction of sp³-hybridized carbons (Fsp3) is 0.500. The minimum atomic E-state index is -0.410. The van der Waals surface area contributed by atoms with Crippen LogP contribution in [0.15, 0.2) is 22.7 Å². The van der Waals surface area contributed by atoms with E-state index in [0.717, 1.165) is 10.9 Å². The Morgan fingerprint density at radius 2 is 2.16 bits per heavy atom. The van der Waals surface area contributed by atoms with Gasteiger partial charge in [-0.25, -0.2) is 0 Å². The quantitative estimate of drug-likeness (QED) is 0.855. The lowest BCUT2D eigenvalue weighted by atomic mass is 9.90. The fourth-order valence-electron chi connectivity index (χ4n) is 2.10. The molecule has 0 aromatic heterocycles. The van der Waals surface area contributed by atoms with Crippen LogP contribution in [0.3, 0.4) is 0 Å². The summed E-state index contributed by atoms with van der Waals surface area (Å²) in [5, 5.41) is 3.54. The number of hydrogen-bond acceptors (Lipinski definition) is 2. The molecule has 5 heteroatoms. The number of amides is 1. The predicted molar refractivity (Wildman–Crippen MR) is 83.5 cm³/mol. The minimum Gasteiger partial charge on any atom is -0.346 e. The standard InChI is InChI=1S/C14H20BrClN2O/c1-9(2)7-14(3,8-17)18-13(19)11-6-10(16)4-5-12(11)15/h4-6,9H,7-8,17H2,1-3H3,(H,18,19).